The number of carbonyl (C=O) groups is 1. The predicted octanol–water partition coefficient (Wildman–Crippen LogP) is 3.74. The molecule has 1 aliphatic rings. The van der Waals surface area contributed by atoms with Gasteiger partial charge in [-0.1, -0.05) is 36.4 Å². The number of hydrogen-bond acceptors (Lipinski definition) is 2. The van der Waals surface area contributed by atoms with Gasteiger partial charge in [-0.3, -0.25) is 4.79 Å². The summed E-state index contributed by atoms with van der Waals surface area (Å²) in [5, 5.41) is 0. The van der Waals surface area contributed by atoms with Gasteiger partial charge >= 0.3 is 0 Å². The summed E-state index contributed by atoms with van der Waals surface area (Å²) in [6.45, 7) is 5.23. The van der Waals surface area contributed by atoms with E-state index in [0.717, 1.165) is 22.5 Å². The summed E-state index contributed by atoms with van der Waals surface area (Å²) in [6.07, 6.45) is 2.37. The van der Waals surface area contributed by atoms with Crippen molar-refractivity contribution < 1.29 is 4.79 Å². The van der Waals surface area contributed by atoms with Crippen molar-refractivity contribution in [3.8, 4) is 0 Å². The summed E-state index contributed by atoms with van der Waals surface area (Å²) in [5.41, 5.74) is 3.02. The highest BCUT2D eigenvalue weighted by Crippen LogP contribution is 2.33. The zero-order chi connectivity index (χ0) is 16.5. The lowest BCUT2D eigenvalue weighted by atomic mass is 10.1. The molecule has 0 aliphatic carbocycles. The van der Waals surface area contributed by atoms with Gasteiger partial charge in [-0.25, -0.2) is 4.98 Å². The third-order valence-corrected chi connectivity index (χ3v) is 4.55. The minimum Gasteiger partial charge on any atom is -0.324 e. The SMILES string of the molecule is C=CCn1c(C2CC(=O)N(c3ccccc3)C2)nc2ccccc21. The Bertz CT molecular complexity index is 898. The van der Waals surface area contributed by atoms with Crippen molar-refractivity contribution in [2.75, 3.05) is 11.4 Å². The van der Waals surface area contributed by atoms with Crippen LogP contribution in [0.15, 0.2) is 67.3 Å². The van der Waals surface area contributed by atoms with Crippen LogP contribution in [0.5, 0.6) is 0 Å². The van der Waals surface area contributed by atoms with Gasteiger partial charge < -0.3 is 9.47 Å². The number of anilines is 1. The van der Waals surface area contributed by atoms with Gasteiger partial charge in [0.2, 0.25) is 5.91 Å². The Kier molecular flexibility index (Phi) is 3.65. The van der Waals surface area contributed by atoms with Crippen LogP contribution in [-0.4, -0.2) is 22.0 Å². The van der Waals surface area contributed by atoms with E-state index >= 15 is 0 Å². The lowest BCUT2D eigenvalue weighted by Gasteiger charge is -2.17. The molecule has 24 heavy (non-hydrogen) atoms. The fraction of sp³-hybridized carbons (Fsp3) is 0.200. The van der Waals surface area contributed by atoms with Crippen molar-refractivity contribution in [2.45, 2.75) is 18.9 Å². The summed E-state index contributed by atoms with van der Waals surface area (Å²) in [7, 11) is 0. The summed E-state index contributed by atoms with van der Waals surface area (Å²) in [4.78, 5) is 19.2. The van der Waals surface area contributed by atoms with Crippen molar-refractivity contribution in [2.24, 2.45) is 0 Å². The summed E-state index contributed by atoms with van der Waals surface area (Å²) in [6, 6.07) is 17.9. The molecular formula is C20H19N3O. The Balaban J connectivity index is 1.72. The zero-order valence-corrected chi connectivity index (χ0v) is 13.4. The van der Waals surface area contributed by atoms with Crippen LogP contribution >= 0.6 is 0 Å². The molecule has 4 nitrogen and oxygen atoms in total. The molecule has 1 saturated heterocycles. The van der Waals surface area contributed by atoms with Crippen LogP contribution in [0.1, 0.15) is 18.2 Å². The Labute approximate surface area is 141 Å². The number of para-hydroxylation sites is 3. The number of rotatable bonds is 4. The van der Waals surface area contributed by atoms with Crippen LogP contribution < -0.4 is 4.90 Å². The van der Waals surface area contributed by atoms with Crippen molar-refractivity contribution in [1.82, 2.24) is 9.55 Å². The van der Waals surface area contributed by atoms with E-state index < -0.39 is 0 Å². The number of amides is 1. The number of hydrogen-bond donors (Lipinski definition) is 0. The Hall–Kier alpha value is -2.88. The summed E-state index contributed by atoms with van der Waals surface area (Å²) < 4.78 is 2.18. The van der Waals surface area contributed by atoms with Crippen molar-refractivity contribution >= 4 is 22.6 Å². The normalized spacial score (nSPS) is 17.6. The van der Waals surface area contributed by atoms with Crippen molar-refractivity contribution in [3.05, 3.63) is 73.1 Å². The van der Waals surface area contributed by atoms with Crippen LogP contribution in [0.25, 0.3) is 11.0 Å². The summed E-state index contributed by atoms with van der Waals surface area (Å²) in [5.74, 6) is 1.23. The molecule has 1 atom stereocenters. The molecule has 2 heterocycles. The maximum absolute atomic E-state index is 12.5. The molecular weight excluding hydrogens is 298 g/mol. The lowest BCUT2D eigenvalue weighted by molar-refractivity contribution is -0.117. The highest BCUT2D eigenvalue weighted by molar-refractivity contribution is 5.96. The van der Waals surface area contributed by atoms with Crippen LogP contribution in [0.4, 0.5) is 5.69 Å². The number of carbonyl (C=O) groups excluding carboxylic acids is 1. The smallest absolute Gasteiger partial charge is 0.227 e. The topological polar surface area (TPSA) is 38.1 Å². The van der Waals surface area contributed by atoms with E-state index in [1.807, 2.05) is 59.5 Å². The van der Waals surface area contributed by atoms with Crippen LogP contribution in [0.3, 0.4) is 0 Å². The molecule has 1 unspecified atom stereocenters. The summed E-state index contributed by atoms with van der Waals surface area (Å²) >= 11 is 0. The average Bonchev–Trinajstić information content (AvgIpc) is 3.17. The lowest BCUT2D eigenvalue weighted by Crippen LogP contribution is -2.24. The Morgan fingerprint density at radius 2 is 1.88 bits per heavy atom. The monoisotopic (exact) mass is 317 g/mol. The quantitative estimate of drug-likeness (QED) is 0.688. The van der Waals surface area contributed by atoms with Gasteiger partial charge in [-0.2, -0.15) is 0 Å². The first-order chi connectivity index (χ1) is 11.8. The van der Waals surface area contributed by atoms with E-state index in [4.69, 9.17) is 4.98 Å². The second-order valence-corrected chi connectivity index (χ2v) is 6.10. The number of fused-ring (bicyclic) bond motifs is 1. The molecule has 4 rings (SSSR count). The second-order valence-electron chi connectivity index (χ2n) is 6.10. The third kappa shape index (κ3) is 2.40. The van der Waals surface area contributed by atoms with Crippen LogP contribution in [0, 0.1) is 0 Å². The van der Waals surface area contributed by atoms with Crippen LogP contribution in [-0.2, 0) is 11.3 Å². The minimum atomic E-state index is 0.102. The van der Waals surface area contributed by atoms with Gasteiger partial charge in [-0.05, 0) is 24.3 Å². The van der Waals surface area contributed by atoms with E-state index in [-0.39, 0.29) is 11.8 Å². The zero-order valence-electron chi connectivity index (χ0n) is 13.4. The molecule has 3 aromatic rings. The van der Waals surface area contributed by atoms with E-state index in [1.165, 1.54) is 0 Å². The van der Waals surface area contributed by atoms with Gasteiger partial charge in [0.1, 0.15) is 5.82 Å². The van der Waals surface area contributed by atoms with Gasteiger partial charge in [0.15, 0.2) is 0 Å². The van der Waals surface area contributed by atoms with E-state index in [2.05, 4.69) is 17.2 Å². The van der Waals surface area contributed by atoms with Gasteiger partial charge in [0.05, 0.1) is 11.0 Å². The maximum Gasteiger partial charge on any atom is 0.227 e. The van der Waals surface area contributed by atoms with E-state index in [0.29, 0.717) is 19.5 Å². The number of imidazole rings is 1. The first kappa shape index (κ1) is 14.7. The Morgan fingerprint density at radius 1 is 1.12 bits per heavy atom. The first-order valence-electron chi connectivity index (χ1n) is 8.19. The van der Waals surface area contributed by atoms with E-state index in [9.17, 15) is 4.79 Å². The maximum atomic E-state index is 12.5. The number of nitrogens with zero attached hydrogens (tertiary/aromatic N) is 3. The van der Waals surface area contributed by atoms with Gasteiger partial charge in [0, 0.05) is 31.1 Å². The van der Waals surface area contributed by atoms with E-state index in [1.54, 1.807) is 0 Å². The largest absolute Gasteiger partial charge is 0.324 e. The fourth-order valence-electron chi connectivity index (χ4n) is 3.46. The highest BCUT2D eigenvalue weighted by Gasteiger charge is 2.34. The van der Waals surface area contributed by atoms with Gasteiger partial charge in [-0.15, -0.1) is 6.58 Å². The Morgan fingerprint density at radius 3 is 2.67 bits per heavy atom. The number of aromatic nitrogens is 2. The molecule has 1 amide bonds. The molecule has 0 spiro atoms. The molecule has 0 N–H and O–H groups in total. The van der Waals surface area contributed by atoms with Crippen molar-refractivity contribution in [1.29, 1.82) is 0 Å². The van der Waals surface area contributed by atoms with Gasteiger partial charge in [0.25, 0.3) is 0 Å². The standard InChI is InChI=1S/C20H19N3O/c1-2-12-22-18-11-7-6-10-17(18)21-20(22)15-13-19(24)23(14-15)16-8-4-3-5-9-16/h2-11,15H,1,12-14H2. The molecule has 1 aliphatic heterocycles. The molecule has 0 bridgehead atoms. The predicted molar refractivity (Wildman–Crippen MR) is 96.1 cm³/mol. The molecule has 2 aromatic carbocycles. The molecule has 4 heteroatoms. The minimum absolute atomic E-state index is 0.102. The molecule has 0 radical (unpaired) electrons. The molecule has 120 valence electrons. The fourth-order valence-corrected chi connectivity index (χ4v) is 3.46. The van der Waals surface area contributed by atoms with Crippen molar-refractivity contribution in [3.63, 3.8) is 0 Å². The molecule has 1 aromatic heterocycles. The molecule has 1 fully saturated rings. The third-order valence-electron chi connectivity index (χ3n) is 4.55. The second kappa shape index (κ2) is 5.96. The number of benzene rings is 2. The average molecular weight is 317 g/mol. The first-order valence-corrected chi connectivity index (χ1v) is 8.19. The number of allylic oxidation sites excluding steroid dienone is 1. The van der Waals surface area contributed by atoms with Crippen LogP contribution in [0.2, 0.25) is 0 Å². The molecule has 0 saturated carbocycles. The highest BCUT2D eigenvalue weighted by atomic mass is 16.2.